The van der Waals surface area contributed by atoms with E-state index < -0.39 is 128 Å². The number of aliphatic hydroxyl groups excluding tert-OH is 2. The number of carbonyl (C=O) groups is 4. The Kier molecular flexibility index (Phi) is 16.7. The lowest BCUT2D eigenvalue weighted by molar-refractivity contribution is -0.160. The molecule has 4 heterocycles. The number of alkyl halides is 3. The molecule has 0 spiro atoms. The van der Waals surface area contributed by atoms with Gasteiger partial charge in [-0.2, -0.15) is 18.3 Å². The average molecular weight is 1010 g/mol. The van der Waals surface area contributed by atoms with Gasteiger partial charge in [-0.25, -0.2) is 5.43 Å². The molecule has 7 N–H and O–H groups in total. The van der Waals surface area contributed by atoms with Crippen LogP contribution in [-0.4, -0.2) is 130 Å². The van der Waals surface area contributed by atoms with Crippen molar-refractivity contribution in [3.8, 4) is 23.0 Å². The number of aromatic hydroxyl groups is 3. The molecule has 0 saturated carbocycles. The first kappa shape index (κ1) is 54.6. The average Bonchev–Trinajstić information content (AvgIpc) is 3.60. The molecule has 3 aromatic rings. The highest BCUT2D eigenvalue weighted by molar-refractivity contribution is 6.24. The van der Waals surface area contributed by atoms with E-state index >= 15 is 0 Å². The number of anilines is 2. The number of hydrazone groups is 1. The number of Topliss-reactive ketones (excluding diaryl/α,β-unsaturated/α-hetero) is 1. The van der Waals surface area contributed by atoms with Crippen LogP contribution in [-0.2, 0) is 34.8 Å². The Morgan fingerprint density at radius 2 is 1.58 bits per heavy atom. The summed E-state index contributed by atoms with van der Waals surface area (Å²) in [7, 11) is 1.40. The second-order valence-corrected chi connectivity index (χ2v) is 18.7. The molecule has 7 rings (SSSR count). The number of methoxy groups -OCH3 is 1. The van der Waals surface area contributed by atoms with Gasteiger partial charge < -0.3 is 54.7 Å². The van der Waals surface area contributed by atoms with Crippen molar-refractivity contribution < 1.29 is 76.8 Å². The van der Waals surface area contributed by atoms with Crippen molar-refractivity contribution in [2.45, 2.75) is 91.8 Å². The molecule has 9 atom stereocenters. The molecule has 2 amide bonds. The largest absolute Gasteiger partial charge is 0.507 e. The smallest absolute Gasteiger partial charge is 0.416 e. The predicted octanol–water partition coefficient (Wildman–Crippen LogP) is 6.05. The fourth-order valence-electron chi connectivity index (χ4n) is 9.31. The number of carbonyl (C=O) groups excluding carboxylic acids is 4. The molecule has 1 fully saturated rings. The van der Waals surface area contributed by atoms with Crippen molar-refractivity contribution in [3.63, 3.8) is 0 Å². The normalized spacial score (nSPS) is 28.5. The Morgan fingerprint density at radius 1 is 0.931 bits per heavy atom. The molecule has 21 heteroatoms. The minimum atomic E-state index is -4.47. The second-order valence-electron chi connectivity index (χ2n) is 18.7. The SMILES string of the molecule is CO[C@H]1/C=C/O[C@@]2(C)Oc3c(C)c(O)c4c(O)c(c(C=NNC(=O)CN5CCN(c6ccc(C(F)(F)F)cc6)CC5)c(O)c4c3C2=O)NC(=O)/C(C)=C\C=C\[C@@H](C)[C@H](O)[C@@H](C)[C@@H](O)[C@@H](C)[C@H](OC(C)=O)[C@@H]1C. The van der Waals surface area contributed by atoms with E-state index in [2.05, 4.69) is 15.8 Å². The first-order chi connectivity index (χ1) is 33.8. The number of esters is 1. The highest BCUT2D eigenvalue weighted by Gasteiger charge is 2.50. The number of aliphatic hydroxyl groups is 2. The van der Waals surface area contributed by atoms with Gasteiger partial charge in [0.25, 0.3) is 17.6 Å². The number of phenolic OH excluding ortho intramolecular Hbond substituents is 3. The van der Waals surface area contributed by atoms with E-state index in [4.69, 9.17) is 18.9 Å². The molecular weight excluding hydrogens is 948 g/mol. The molecule has 3 aromatic carbocycles. The van der Waals surface area contributed by atoms with Gasteiger partial charge in [-0.3, -0.25) is 24.1 Å². The number of benzene rings is 3. The fourth-order valence-corrected chi connectivity index (χ4v) is 9.31. The van der Waals surface area contributed by atoms with Gasteiger partial charge in [0, 0.05) is 93.0 Å². The number of hydrogen-bond acceptors (Lipinski definition) is 16. The zero-order chi connectivity index (χ0) is 53.1. The zero-order valence-corrected chi connectivity index (χ0v) is 41.4. The van der Waals surface area contributed by atoms with Gasteiger partial charge in [0.2, 0.25) is 0 Å². The third-order valence-corrected chi connectivity index (χ3v) is 13.7. The van der Waals surface area contributed by atoms with Crippen molar-refractivity contribution in [1.82, 2.24) is 10.3 Å². The Morgan fingerprint density at radius 3 is 2.19 bits per heavy atom. The van der Waals surface area contributed by atoms with Crippen molar-refractivity contribution in [3.05, 3.63) is 82.7 Å². The summed E-state index contributed by atoms with van der Waals surface area (Å²) < 4.78 is 62.8. The number of piperazine rings is 1. The molecule has 4 aliphatic heterocycles. The topological polar surface area (TPSA) is 249 Å². The summed E-state index contributed by atoms with van der Waals surface area (Å²) >= 11 is 0. The van der Waals surface area contributed by atoms with Crippen molar-refractivity contribution in [2.24, 2.45) is 28.8 Å². The van der Waals surface area contributed by atoms with E-state index in [0.29, 0.717) is 31.9 Å². The van der Waals surface area contributed by atoms with Crippen LogP contribution < -0.4 is 20.4 Å². The predicted molar refractivity (Wildman–Crippen MR) is 260 cm³/mol. The standard InChI is InChI=1S/C51H62F3N5O13/c1-25-11-10-12-26(2)49(68)56-40-34(23-55-57-36(61)24-58-18-20-59(21-19-58)33-15-13-32(14-16-33)51(52,53)54)44(65)37-38(45(40)66)43(64)30(6)47-39(37)48(67)50(8,72-47)70-22-17-35(69-9)27(3)46(71-31(7)60)29(5)42(63)28(4)41(25)62/h10-17,22-23,25,27-29,35,41-42,46,62-66H,18-21,24H2,1-9H3,(H,56,68)(H,57,61)/b11-10+,22-17+,26-12-,55-23?/t25-,27-,28-,29-,35+,41+,42-,46-,50+/m1/s1. The van der Waals surface area contributed by atoms with Crippen LogP contribution in [0.4, 0.5) is 24.5 Å². The second kappa shape index (κ2) is 22.0. The summed E-state index contributed by atoms with van der Waals surface area (Å²) in [6.45, 7) is 13.5. The molecule has 0 aromatic heterocycles. The van der Waals surface area contributed by atoms with Gasteiger partial charge in [0.15, 0.2) is 5.75 Å². The molecule has 72 heavy (non-hydrogen) atoms. The van der Waals surface area contributed by atoms with Gasteiger partial charge in [-0.15, -0.1) is 0 Å². The van der Waals surface area contributed by atoms with Crippen molar-refractivity contribution in [1.29, 1.82) is 0 Å². The van der Waals surface area contributed by atoms with Crippen LogP contribution in [0.3, 0.4) is 0 Å². The van der Waals surface area contributed by atoms with Crippen LogP contribution in [0.1, 0.15) is 75.5 Å². The van der Waals surface area contributed by atoms with E-state index in [1.54, 1.807) is 38.7 Å². The zero-order valence-electron chi connectivity index (χ0n) is 41.4. The Labute approximate surface area is 414 Å². The lowest BCUT2D eigenvalue weighted by Gasteiger charge is -2.38. The number of amides is 2. The van der Waals surface area contributed by atoms with E-state index in [-0.39, 0.29) is 29.0 Å². The van der Waals surface area contributed by atoms with Gasteiger partial charge in [-0.1, -0.05) is 45.9 Å². The molecular formula is C51H62F3N5O13. The summed E-state index contributed by atoms with van der Waals surface area (Å²) in [5.74, 6) is -10.2. The molecule has 5 bridgehead atoms. The molecule has 0 unspecified atom stereocenters. The van der Waals surface area contributed by atoms with Crippen LogP contribution in [0, 0.1) is 30.6 Å². The number of nitrogens with one attached hydrogen (secondary N) is 2. The highest BCUT2D eigenvalue weighted by atomic mass is 19.4. The number of phenols is 3. The molecule has 0 radical (unpaired) electrons. The van der Waals surface area contributed by atoms with Crippen LogP contribution >= 0.6 is 0 Å². The maximum atomic E-state index is 14.5. The summed E-state index contributed by atoms with van der Waals surface area (Å²) in [6.07, 6.45) is -0.546. The van der Waals surface area contributed by atoms with Crippen molar-refractivity contribution in [2.75, 3.05) is 50.1 Å². The monoisotopic (exact) mass is 1010 g/mol. The number of allylic oxidation sites excluding steroid dienone is 2. The summed E-state index contributed by atoms with van der Waals surface area (Å²) in [4.78, 5) is 57.7. The minimum Gasteiger partial charge on any atom is -0.507 e. The third-order valence-electron chi connectivity index (χ3n) is 13.7. The maximum Gasteiger partial charge on any atom is 0.416 e. The number of ether oxygens (including phenoxy) is 4. The van der Waals surface area contributed by atoms with Gasteiger partial charge in [0.05, 0.1) is 65.1 Å². The highest BCUT2D eigenvalue weighted by Crippen LogP contribution is 2.55. The molecule has 0 aliphatic carbocycles. The lowest BCUT2D eigenvalue weighted by atomic mass is 9.78. The molecule has 390 valence electrons. The summed E-state index contributed by atoms with van der Waals surface area (Å²) in [5.41, 5.74) is 1.03. The Bertz CT molecular complexity index is 2680. The quantitative estimate of drug-likeness (QED) is 0.0468. The third kappa shape index (κ3) is 11.3. The number of hydrogen-bond donors (Lipinski definition) is 7. The first-order valence-electron chi connectivity index (χ1n) is 23.4. The van der Waals surface area contributed by atoms with Gasteiger partial charge in [0.1, 0.15) is 23.4 Å². The van der Waals surface area contributed by atoms with Crippen LogP contribution in [0.25, 0.3) is 10.8 Å². The summed E-state index contributed by atoms with van der Waals surface area (Å²) in [5, 5.41) is 64.5. The number of nitrogens with zero attached hydrogens (tertiary/aromatic N) is 3. The van der Waals surface area contributed by atoms with E-state index in [1.165, 1.54) is 65.2 Å². The van der Waals surface area contributed by atoms with Crippen LogP contribution in [0.2, 0.25) is 0 Å². The summed E-state index contributed by atoms with van der Waals surface area (Å²) in [6, 6.07) is 4.81. The lowest BCUT2D eigenvalue weighted by Crippen LogP contribution is -2.49. The fraction of sp³-hybridized carbons (Fsp3) is 0.471. The van der Waals surface area contributed by atoms with E-state index in [0.717, 1.165) is 24.6 Å². The van der Waals surface area contributed by atoms with Crippen molar-refractivity contribution >= 4 is 51.9 Å². The molecule has 1 saturated heterocycles. The van der Waals surface area contributed by atoms with Gasteiger partial charge >= 0.3 is 17.9 Å². The number of rotatable bonds is 7. The maximum absolute atomic E-state index is 14.5. The van der Waals surface area contributed by atoms with E-state index in [1.807, 2.05) is 4.90 Å². The molecule has 4 aliphatic rings. The van der Waals surface area contributed by atoms with Crippen LogP contribution in [0.15, 0.2) is 65.5 Å². The van der Waals surface area contributed by atoms with Gasteiger partial charge in [-0.05, 0) is 44.2 Å². The molecule has 18 nitrogen and oxygen atoms in total. The first-order valence-corrected chi connectivity index (χ1v) is 23.4. The van der Waals surface area contributed by atoms with E-state index in [9.17, 15) is 57.9 Å². The Balaban J connectivity index is 1.37. The number of fused-ring (bicyclic) bond motifs is 14. The number of halogens is 3. The Hall–Kier alpha value is -6.68. The minimum absolute atomic E-state index is 0.0413. The number of ketones is 1. The van der Waals surface area contributed by atoms with Crippen LogP contribution in [0.5, 0.6) is 23.0 Å².